The van der Waals surface area contributed by atoms with E-state index < -0.39 is 0 Å². The van der Waals surface area contributed by atoms with Crippen LogP contribution in [0.25, 0.3) is 6.08 Å². The molecule has 3 heteroatoms. The molecule has 1 heterocycles. The summed E-state index contributed by atoms with van der Waals surface area (Å²) in [5.41, 5.74) is 0.584. The van der Waals surface area contributed by atoms with E-state index in [0.29, 0.717) is 12.2 Å². The molecule has 1 saturated heterocycles. The Morgan fingerprint density at radius 2 is 2.24 bits per heavy atom. The van der Waals surface area contributed by atoms with E-state index in [1.54, 1.807) is 18.2 Å². The molecule has 0 saturated carbocycles. The Hall–Kier alpha value is -1.19. The van der Waals surface area contributed by atoms with Crippen molar-refractivity contribution in [3.8, 4) is 0 Å². The Morgan fingerprint density at radius 1 is 1.35 bits per heavy atom. The monoisotopic (exact) mass is 236 g/mol. The smallest absolute Gasteiger partial charge is 0.157 e. The van der Waals surface area contributed by atoms with E-state index in [1.165, 1.54) is 6.07 Å². The standard InChI is InChI=1S/C14H17FO2/c15-13-8-2-1-6-12(13)7-5-11-17-14-9-3-4-10-16-14/h1-2,5-8,14H,3-4,9-11H2/b7-5+. The maximum atomic E-state index is 13.3. The molecule has 1 unspecified atom stereocenters. The summed E-state index contributed by atoms with van der Waals surface area (Å²) < 4.78 is 24.2. The van der Waals surface area contributed by atoms with Gasteiger partial charge in [0.25, 0.3) is 0 Å². The molecule has 0 aliphatic carbocycles. The van der Waals surface area contributed by atoms with Crippen molar-refractivity contribution in [3.63, 3.8) is 0 Å². The topological polar surface area (TPSA) is 18.5 Å². The van der Waals surface area contributed by atoms with Crippen molar-refractivity contribution in [2.45, 2.75) is 25.6 Å². The van der Waals surface area contributed by atoms with E-state index in [-0.39, 0.29) is 12.1 Å². The molecule has 0 amide bonds. The summed E-state index contributed by atoms with van der Waals surface area (Å²) in [6, 6.07) is 6.68. The number of halogens is 1. The third kappa shape index (κ3) is 3.95. The maximum Gasteiger partial charge on any atom is 0.157 e. The van der Waals surface area contributed by atoms with Crippen LogP contribution in [0.2, 0.25) is 0 Å². The van der Waals surface area contributed by atoms with Crippen LogP contribution in [0.5, 0.6) is 0 Å². The molecule has 0 aromatic heterocycles. The molecule has 1 fully saturated rings. The van der Waals surface area contributed by atoms with E-state index >= 15 is 0 Å². The molecule has 17 heavy (non-hydrogen) atoms. The molecule has 0 bridgehead atoms. The Kier molecular flexibility index (Phi) is 4.71. The first kappa shape index (κ1) is 12.3. The van der Waals surface area contributed by atoms with Gasteiger partial charge in [0.15, 0.2) is 6.29 Å². The second-order valence-corrected chi connectivity index (χ2v) is 4.05. The molecule has 0 radical (unpaired) electrons. The summed E-state index contributed by atoms with van der Waals surface area (Å²) in [7, 11) is 0. The van der Waals surface area contributed by atoms with Gasteiger partial charge in [-0.05, 0) is 25.3 Å². The van der Waals surface area contributed by atoms with Gasteiger partial charge in [-0.2, -0.15) is 0 Å². The molecule has 2 rings (SSSR count). The minimum atomic E-state index is -0.210. The Morgan fingerprint density at radius 3 is 3.00 bits per heavy atom. The molecule has 0 N–H and O–H groups in total. The third-order valence-corrected chi connectivity index (χ3v) is 2.72. The van der Waals surface area contributed by atoms with Crippen LogP contribution in [-0.4, -0.2) is 19.5 Å². The first-order valence-electron chi connectivity index (χ1n) is 6.00. The first-order valence-corrected chi connectivity index (χ1v) is 6.00. The van der Waals surface area contributed by atoms with E-state index in [4.69, 9.17) is 9.47 Å². The molecule has 1 atom stereocenters. The fourth-order valence-electron chi connectivity index (χ4n) is 1.79. The molecule has 1 aromatic carbocycles. The summed E-state index contributed by atoms with van der Waals surface area (Å²) in [5.74, 6) is -0.210. The molecule has 0 spiro atoms. The number of hydrogen-bond acceptors (Lipinski definition) is 2. The molecule has 1 aliphatic rings. The highest BCUT2D eigenvalue weighted by Crippen LogP contribution is 2.14. The minimum absolute atomic E-state index is 0.0889. The van der Waals surface area contributed by atoms with Crippen molar-refractivity contribution in [1.82, 2.24) is 0 Å². The van der Waals surface area contributed by atoms with Crippen LogP contribution in [0, 0.1) is 5.82 Å². The number of benzene rings is 1. The minimum Gasteiger partial charge on any atom is -0.353 e. The molecule has 1 aliphatic heterocycles. The summed E-state index contributed by atoms with van der Waals surface area (Å²) in [5, 5.41) is 0. The lowest BCUT2D eigenvalue weighted by molar-refractivity contribution is -0.155. The normalized spacial score (nSPS) is 20.9. The van der Waals surface area contributed by atoms with Gasteiger partial charge >= 0.3 is 0 Å². The Balaban J connectivity index is 1.76. The van der Waals surface area contributed by atoms with Crippen molar-refractivity contribution in [1.29, 1.82) is 0 Å². The first-order chi connectivity index (χ1) is 8.36. The van der Waals surface area contributed by atoms with Gasteiger partial charge in [0.05, 0.1) is 6.61 Å². The molecule has 92 valence electrons. The lowest BCUT2D eigenvalue weighted by Crippen LogP contribution is -2.22. The summed E-state index contributed by atoms with van der Waals surface area (Å²) in [6.45, 7) is 1.24. The van der Waals surface area contributed by atoms with Gasteiger partial charge in [0.2, 0.25) is 0 Å². The van der Waals surface area contributed by atoms with Crippen LogP contribution in [0.1, 0.15) is 24.8 Å². The Labute approximate surface area is 101 Å². The maximum absolute atomic E-state index is 13.3. The van der Waals surface area contributed by atoms with Gasteiger partial charge in [-0.15, -0.1) is 0 Å². The Bertz CT molecular complexity index is 370. The zero-order chi connectivity index (χ0) is 11.9. The third-order valence-electron chi connectivity index (χ3n) is 2.72. The number of hydrogen-bond donors (Lipinski definition) is 0. The van der Waals surface area contributed by atoms with Crippen LogP contribution in [-0.2, 0) is 9.47 Å². The van der Waals surface area contributed by atoms with Crippen molar-refractivity contribution in [3.05, 3.63) is 41.7 Å². The quantitative estimate of drug-likeness (QED) is 0.797. The van der Waals surface area contributed by atoms with Crippen LogP contribution < -0.4 is 0 Å². The average Bonchev–Trinajstić information content (AvgIpc) is 2.38. The van der Waals surface area contributed by atoms with E-state index in [9.17, 15) is 4.39 Å². The summed E-state index contributed by atoms with van der Waals surface area (Å²) in [4.78, 5) is 0. The van der Waals surface area contributed by atoms with Gasteiger partial charge < -0.3 is 9.47 Å². The largest absolute Gasteiger partial charge is 0.353 e. The highest BCUT2D eigenvalue weighted by molar-refractivity contribution is 5.49. The molecular formula is C14H17FO2. The van der Waals surface area contributed by atoms with E-state index in [0.717, 1.165) is 25.9 Å². The predicted octanol–water partition coefficient (Wildman–Crippen LogP) is 3.38. The zero-order valence-electron chi connectivity index (χ0n) is 9.77. The fraction of sp³-hybridized carbons (Fsp3) is 0.429. The van der Waals surface area contributed by atoms with Crippen LogP contribution in [0.4, 0.5) is 4.39 Å². The van der Waals surface area contributed by atoms with Crippen LogP contribution in [0.15, 0.2) is 30.3 Å². The molecule has 2 nitrogen and oxygen atoms in total. The van der Waals surface area contributed by atoms with Crippen molar-refractivity contribution in [2.24, 2.45) is 0 Å². The van der Waals surface area contributed by atoms with Crippen LogP contribution >= 0.6 is 0 Å². The number of rotatable bonds is 4. The van der Waals surface area contributed by atoms with Gasteiger partial charge in [-0.1, -0.05) is 30.4 Å². The van der Waals surface area contributed by atoms with E-state index in [1.807, 2.05) is 12.1 Å². The molecular weight excluding hydrogens is 219 g/mol. The van der Waals surface area contributed by atoms with Crippen molar-refractivity contribution >= 4 is 6.08 Å². The lowest BCUT2D eigenvalue weighted by atomic mass is 10.2. The number of ether oxygens (including phenoxy) is 2. The van der Waals surface area contributed by atoms with Crippen molar-refractivity contribution in [2.75, 3.05) is 13.2 Å². The summed E-state index contributed by atoms with van der Waals surface area (Å²) >= 11 is 0. The molecule has 1 aromatic rings. The van der Waals surface area contributed by atoms with Gasteiger partial charge in [-0.3, -0.25) is 0 Å². The lowest BCUT2D eigenvalue weighted by Gasteiger charge is -2.21. The average molecular weight is 236 g/mol. The second kappa shape index (κ2) is 6.52. The van der Waals surface area contributed by atoms with Crippen LogP contribution in [0.3, 0.4) is 0 Å². The van der Waals surface area contributed by atoms with E-state index in [2.05, 4.69) is 0 Å². The second-order valence-electron chi connectivity index (χ2n) is 4.05. The van der Waals surface area contributed by atoms with Gasteiger partial charge in [0, 0.05) is 12.2 Å². The highest BCUT2D eigenvalue weighted by Gasteiger charge is 2.12. The summed E-state index contributed by atoms with van der Waals surface area (Å²) in [6.07, 6.45) is 6.68. The predicted molar refractivity (Wildman–Crippen MR) is 65.0 cm³/mol. The van der Waals surface area contributed by atoms with Gasteiger partial charge in [-0.25, -0.2) is 4.39 Å². The SMILES string of the molecule is Fc1ccccc1/C=C/COC1CCCCO1. The van der Waals surface area contributed by atoms with Crippen molar-refractivity contribution < 1.29 is 13.9 Å². The zero-order valence-corrected chi connectivity index (χ0v) is 9.77. The fourth-order valence-corrected chi connectivity index (χ4v) is 1.79. The highest BCUT2D eigenvalue weighted by atomic mass is 19.1. The van der Waals surface area contributed by atoms with Gasteiger partial charge in [0.1, 0.15) is 5.82 Å².